The van der Waals surface area contributed by atoms with E-state index in [9.17, 15) is 4.79 Å². The molecule has 92 valence electrons. The molecule has 1 aliphatic rings. The van der Waals surface area contributed by atoms with Gasteiger partial charge in [0.1, 0.15) is 6.10 Å². The van der Waals surface area contributed by atoms with Gasteiger partial charge in [-0.05, 0) is 31.6 Å². The van der Waals surface area contributed by atoms with Crippen LogP contribution >= 0.6 is 12.2 Å². The second kappa shape index (κ2) is 6.81. The second-order valence-electron chi connectivity index (χ2n) is 4.27. The zero-order valence-corrected chi connectivity index (χ0v) is 10.5. The predicted octanol–water partition coefficient (Wildman–Crippen LogP) is 0.984. The van der Waals surface area contributed by atoms with Gasteiger partial charge in [-0.15, -0.1) is 0 Å². The molecule has 5 heteroatoms. The Kier molecular flexibility index (Phi) is 5.69. The first kappa shape index (κ1) is 13.4. The van der Waals surface area contributed by atoms with Crippen molar-refractivity contribution in [1.82, 2.24) is 5.32 Å². The summed E-state index contributed by atoms with van der Waals surface area (Å²) in [5.74, 6) is 0.344. The third kappa shape index (κ3) is 4.45. The summed E-state index contributed by atoms with van der Waals surface area (Å²) in [5.41, 5.74) is 5.38. The first-order chi connectivity index (χ1) is 7.61. The van der Waals surface area contributed by atoms with Crippen LogP contribution in [0.25, 0.3) is 0 Å². The van der Waals surface area contributed by atoms with Crippen LogP contribution in [0.3, 0.4) is 0 Å². The van der Waals surface area contributed by atoms with E-state index in [0.717, 1.165) is 25.7 Å². The predicted molar refractivity (Wildman–Crippen MR) is 67.2 cm³/mol. The van der Waals surface area contributed by atoms with Gasteiger partial charge >= 0.3 is 0 Å². The maximum absolute atomic E-state index is 11.7. The van der Waals surface area contributed by atoms with Crippen molar-refractivity contribution < 1.29 is 9.53 Å². The molecule has 1 fully saturated rings. The quantitative estimate of drug-likeness (QED) is 0.540. The highest BCUT2D eigenvalue weighted by Gasteiger charge is 2.30. The Hall–Kier alpha value is -0.680. The molecule has 16 heavy (non-hydrogen) atoms. The van der Waals surface area contributed by atoms with Crippen LogP contribution in [0, 0.1) is 5.92 Å². The molecule has 0 aromatic carbocycles. The summed E-state index contributed by atoms with van der Waals surface area (Å²) in [5, 5.41) is 2.88. The Bertz CT molecular complexity index is 258. The van der Waals surface area contributed by atoms with Crippen molar-refractivity contribution in [2.45, 2.75) is 38.7 Å². The lowest BCUT2D eigenvalue weighted by atomic mass is 10.0. The number of hydrogen-bond donors (Lipinski definition) is 2. The molecule has 0 spiro atoms. The average Bonchev–Trinajstić information content (AvgIpc) is 2.63. The molecule has 1 aliphatic heterocycles. The van der Waals surface area contributed by atoms with Crippen molar-refractivity contribution in [2.24, 2.45) is 11.7 Å². The smallest absolute Gasteiger partial charge is 0.249 e. The fourth-order valence-corrected chi connectivity index (χ4v) is 1.91. The maximum Gasteiger partial charge on any atom is 0.249 e. The van der Waals surface area contributed by atoms with Crippen LogP contribution in [0.2, 0.25) is 0 Å². The largest absolute Gasteiger partial charge is 0.393 e. The molecule has 1 amide bonds. The van der Waals surface area contributed by atoms with E-state index in [1.165, 1.54) is 0 Å². The highest BCUT2D eigenvalue weighted by Crippen LogP contribution is 2.19. The van der Waals surface area contributed by atoms with E-state index in [4.69, 9.17) is 22.7 Å². The number of carbonyl (C=O) groups is 1. The molecule has 2 atom stereocenters. The van der Waals surface area contributed by atoms with Crippen molar-refractivity contribution in [1.29, 1.82) is 0 Å². The number of thiocarbonyl (C=S) groups is 1. The molecular weight excluding hydrogens is 224 g/mol. The van der Waals surface area contributed by atoms with Gasteiger partial charge < -0.3 is 15.8 Å². The van der Waals surface area contributed by atoms with E-state index in [1.807, 2.05) is 6.92 Å². The molecule has 1 rings (SSSR count). The molecular formula is C11H20N2O2S. The van der Waals surface area contributed by atoms with Gasteiger partial charge in [-0.1, -0.05) is 19.1 Å². The summed E-state index contributed by atoms with van der Waals surface area (Å²) in [6, 6.07) is 0. The van der Waals surface area contributed by atoms with Crippen LogP contribution in [0.4, 0.5) is 0 Å². The lowest BCUT2D eigenvalue weighted by Gasteiger charge is -2.14. The number of hydrogen-bond acceptors (Lipinski definition) is 3. The zero-order chi connectivity index (χ0) is 12.0. The van der Waals surface area contributed by atoms with Gasteiger partial charge in [0.25, 0.3) is 0 Å². The average molecular weight is 244 g/mol. The maximum atomic E-state index is 11.7. The molecule has 0 radical (unpaired) electrons. The number of nitrogens with two attached hydrogens (primary N) is 1. The Morgan fingerprint density at radius 1 is 1.56 bits per heavy atom. The van der Waals surface area contributed by atoms with Crippen LogP contribution < -0.4 is 11.1 Å². The number of rotatable bonds is 6. The van der Waals surface area contributed by atoms with Gasteiger partial charge in [0.2, 0.25) is 5.91 Å². The number of ether oxygens (including phenoxy) is 1. The van der Waals surface area contributed by atoms with E-state index in [-0.39, 0.29) is 12.0 Å². The molecule has 4 nitrogen and oxygen atoms in total. The van der Waals surface area contributed by atoms with Crippen LogP contribution in [-0.2, 0) is 9.53 Å². The van der Waals surface area contributed by atoms with Gasteiger partial charge in [-0.25, -0.2) is 0 Å². The molecule has 0 bridgehead atoms. The Balaban J connectivity index is 2.08. The summed E-state index contributed by atoms with van der Waals surface area (Å²) in [6.45, 7) is 3.42. The van der Waals surface area contributed by atoms with Crippen molar-refractivity contribution in [2.75, 3.05) is 13.2 Å². The van der Waals surface area contributed by atoms with Gasteiger partial charge in [-0.2, -0.15) is 0 Å². The lowest BCUT2D eigenvalue weighted by molar-refractivity contribution is -0.131. The van der Waals surface area contributed by atoms with E-state index in [0.29, 0.717) is 24.1 Å². The summed E-state index contributed by atoms with van der Waals surface area (Å²) in [7, 11) is 0. The zero-order valence-electron chi connectivity index (χ0n) is 9.70. The van der Waals surface area contributed by atoms with Gasteiger partial charge in [0.05, 0.1) is 4.99 Å². The Labute approximate surface area is 102 Å². The fourth-order valence-electron chi connectivity index (χ4n) is 1.77. The van der Waals surface area contributed by atoms with E-state index >= 15 is 0 Å². The molecule has 1 heterocycles. The fraction of sp³-hybridized carbons (Fsp3) is 0.818. The Morgan fingerprint density at radius 2 is 2.31 bits per heavy atom. The van der Waals surface area contributed by atoms with Crippen molar-refractivity contribution in [3.63, 3.8) is 0 Å². The minimum Gasteiger partial charge on any atom is -0.393 e. The third-order valence-electron chi connectivity index (χ3n) is 2.80. The summed E-state index contributed by atoms with van der Waals surface area (Å²) >= 11 is 4.77. The van der Waals surface area contributed by atoms with Crippen LogP contribution in [0.5, 0.6) is 0 Å². The molecule has 2 unspecified atom stereocenters. The minimum atomic E-state index is -0.254. The van der Waals surface area contributed by atoms with Gasteiger partial charge in [0, 0.05) is 13.2 Å². The summed E-state index contributed by atoms with van der Waals surface area (Å²) in [4.78, 5) is 12.2. The SMILES string of the molecule is CC1CCOC1C(=O)NCCCCC(N)=S. The van der Waals surface area contributed by atoms with Crippen molar-refractivity contribution >= 4 is 23.1 Å². The summed E-state index contributed by atoms with van der Waals surface area (Å²) < 4.78 is 5.37. The van der Waals surface area contributed by atoms with Crippen molar-refractivity contribution in [3.05, 3.63) is 0 Å². The van der Waals surface area contributed by atoms with Crippen molar-refractivity contribution in [3.8, 4) is 0 Å². The van der Waals surface area contributed by atoms with Gasteiger partial charge in [0.15, 0.2) is 0 Å². The van der Waals surface area contributed by atoms with Gasteiger partial charge in [-0.3, -0.25) is 4.79 Å². The first-order valence-electron chi connectivity index (χ1n) is 5.79. The first-order valence-corrected chi connectivity index (χ1v) is 6.19. The number of carbonyl (C=O) groups excluding carboxylic acids is 1. The summed E-state index contributed by atoms with van der Waals surface area (Å²) in [6.07, 6.45) is 3.30. The topological polar surface area (TPSA) is 64.3 Å². The molecule has 3 N–H and O–H groups in total. The third-order valence-corrected chi connectivity index (χ3v) is 3.00. The molecule has 0 aromatic rings. The minimum absolute atomic E-state index is 0.0142. The van der Waals surface area contributed by atoms with E-state index in [2.05, 4.69) is 5.32 Å². The molecule has 0 saturated carbocycles. The second-order valence-corrected chi connectivity index (χ2v) is 4.80. The van der Waals surface area contributed by atoms with Crippen LogP contribution in [-0.4, -0.2) is 30.2 Å². The van der Waals surface area contributed by atoms with Crippen LogP contribution in [0.15, 0.2) is 0 Å². The van der Waals surface area contributed by atoms with Crippen LogP contribution in [0.1, 0.15) is 32.6 Å². The monoisotopic (exact) mass is 244 g/mol. The number of amides is 1. The molecule has 1 saturated heterocycles. The van der Waals surface area contributed by atoms with E-state index in [1.54, 1.807) is 0 Å². The number of unbranched alkanes of at least 4 members (excludes halogenated alkanes) is 1. The normalized spacial score (nSPS) is 24.3. The highest BCUT2D eigenvalue weighted by atomic mass is 32.1. The number of nitrogens with one attached hydrogen (secondary N) is 1. The Morgan fingerprint density at radius 3 is 2.88 bits per heavy atom. The van der Waals surface area contributed by atoms with E-state index < -0.39 is 0 Å². The molecule has 0 aliphatic carbocycles. The standard InChI is InChI=1S/C11H20N2O2S/c1-8-5-7-15-10(8)11(14)13-6-3-2-4-9(12)16/h8,10H,2-7H2,1H3,(H2,12,16)(H,13,14). The highest BCUT2D eigenvalue weighted by molar-refractivity contribution is 7.80. The lowest BCUT2D eigenvalue weighted by Crippen LogP contribution is -2.37. The molecule has 0 aromatic heterocycles.